The number of rotatable bonds is 4. The molecule has 1 N–H and O–H groups in total. The number of imidazole rings is 1. The van der Waals surface area contributed by atoms with Gasteiger partial charge in [0.2, 0.25) is 0 Å². The molecule has 0 aromatic carbocycles. The van der Waals surface area contributed by atoms with Crippen molar-refractivity contribution in [3.05, 3.63) is 23.0 Å². The molecule has 0 aliphatic heterocycles. The molecule has 98 valence electrons. The highest BCUT2D eigenvalue weighted by Crippen LogP contribution is 2.30. The average Bonchev–Trinajstić information content (AvgIpc) is 2.99. The molecule has 2 aromatic rings. The molecule has 1 saturated carbocycles. The van der Waals surface area contributed by atoms with E-state index in [2.05, 4.69) is 40.1 Å². The molecule has 4 heteroatoms. The summed E-state index contributed by atoms with van der Waals surface area (Å²) in [5.74, 6) is 1.77. The number of thiazole rings is 1. The van der Waals surface area contributed by atoms with Crippen LogP contribution in [0.1, 0.15) is 37.6 Å². The minimum Gasteiger partial charge on any atom is -0.311 e. The quantitative estimate of drug-likeness (QED) is 0.917. The molecule has 1 aliphatic rings. The summed E-state index contributed by atoms with van der Waals surface area (Å²) in [5, 5.41) is 5.73. The second-order valence-electron chi connectivity index (χ2n) is 5.50. The van der Waals surface area contributed by atoms with Crippen molar-refractivity contribution in [2.75, 3.05) is 6.54 Å². The molecule has 3 rings (SSSR count). The van der Waals surface area contributed by atoms with Crippen LogP contribution in [0.3, 0.4) is 0 Å². The van der Waals surface area contributed by atoms with Crippen molar-refractivity contribution in [2.45, 2.75) is 39.7 Å². The van der Waals surface area contributed by atoms with E-state index in [1.807, 2.05) is 0 Å². The summed E-state index contributed by atoms with van der Waals surface area (Å²) in [4.78, 5) is 5.69. The van der Waals surface area contributed by atoms with Crippen LogP contribution in [0.2, 0.25) is 0 Å². The summed E-state index contributed by atoms with van der Waals surface area (Å²) in [7, 11) is 0. The molecular weight excluding hydrogens is 242 g/mol. The van der Waals surface area contributed by atoms with Crippen molar-refractivity contribution in [2.24, 2.45) is 11.8 Å². The zero-order valence-electron chi connectivity index (χ0n) is 11.1. The van der Waals surface area contributed by atoms with Gasteiger partial charge in [0.15, 0.2) is 4.96 Å². The van der Waals surface area contributed by atoms with Crippen molar-refractivity contribution in [3.8, 4) is 0 Å². The molecule has 2 atom stereocenters. The number of fused-ring (bicyclic) bond motifs is 1. The summed E-state index contributed by atoms with van der Waals surface area (Å²) >= 11 is 1.71. The lowest BCUT2D eigenvalue weighted by Crippen LogP contribution is -2.24. The van der Waals surface area contributed by atoms with E-state index in [1.165, 1.54) is 25.0 Å². The fourth-order valence-corrected chi connectivity index (χ4v) is 3.83. The summed E-state index contributed by atoms with van der Waals surface area (Å²) in [6.07, 6.45) is 6.34. The van der Waals surface area contributed by atoms with Gasteiger partial charge in [-0.3, -0.25) is 4.40 Å². The summed E-state index contributed by atoms with van der Waals surface area (Å²) in [6, 6.07) is 0. The Hall–Kier alpha value is -0.870. The molecule has 2 heterocycles. The van der Waals surface area contributed by atoms with Crippen LogP contribution >= 0.6 is 11.3 Å². The van der Waals surface area contributed by atoms with Gasteiger partial charge < -0.3 is 5.32 Å². The molecule has 2 aromatic heterocycles. The molecule has 0 bridgehead atoms. The second-order valence-corrected chi connectivity index (χ2v) is 6.37. The molecule has 0 radical (unpaired) electrons. The van der Waals surface area contributed by atoms with E-state index in [9.17, 15) is 0 Å². The van der Waals surface area contributed by atoms with Crippen LogP contribution in [0.25, 0.3) is 4.96 Å². The van der Waals surface area contributed by atoms with Gasteiger partial charge in [-0.15, -0.1) is 11.3 Å². The van der Waals surface area contributed by atoms with Crippen molar-refractivity contribution in [3.63, 3.8) is 0 Å². The van der Waals surface area contributed by atoms with Gasteiger partial charge in [0.05, 0.1) is 11.4 Å². The molecule has 1 aliphatic carbocycles. The van der Waals surface area contributed by atoms with E-state index in [1.54, 1.807) is 11.3 Å². The maximum Gasteiger partial charge on any atom is 0.194 e. The summed E-state index contributed by atoms with van der Waals surface area (Å²) in [6.45, 7) is 6.58. The van der Waals surface area contributed by atoms with Gasteiger partial charge >= 0.3 is 0 Å². The highest BCUT2D eigenvalue weighted by molar-refractivity contribution is 7.15. The lowest BCUT2D eigenvalue weighted by atomic mass is 9.98. The summed E-state index contributed by atoms with van der Waals surface area (Å²) in [5.41, 5.74) is 2.48. The van der Waals surface area contributed by atoms with Crippen LogP contribution in [0.5, 0.6) is 0 Å². The van der Waals surface area contributed by atoms with Crippen molar-refractivity contribution >= 4 is 16.3 Å². The van der Waals surface area contributed by atoms with Crippen LogP contribution in [0.15, 0.2) is 11.6 Å². The number of aromatic nitrogens is 2. The lowest BCUT2D eigenvalue weighted by Gasteiger charge is -2.15. The Bertz CT molecular complexity index is 528. The molecule has 1 fully saturated rings. The van der Waals surface area contributed by atoms with E-state index in [0.29, 0.717) is 0 Å². The highest BCUT2D eigenvalue weighted by atomic mass is 32.1. The smallest absolute Gasteiger partial charge is 0.194 e. The van der Waals surface area contributed by atoms with E-state index >= 15 is 0 Å². The number of nitrogens with zero attached hydrogens (tertiary/aromatic N) is 2. The Morgan fingerprint density at radius 1 is 1.50 bits per heavy atom. The van der Waals surface area contributed by atoms with Gasteiger partial charge in [-0.1, -0.05) is 19.8 Å². The first-order chi connectivity index (χ1) is 8.75. The second kappa shape index (κ2) is 5.02. The Balaban J connectivity index is 1.62. The maximum atomic E-state index is 4.58. The monoisotopic (exact) mass is 263 g/mol. The number of nitrogens with one attached hydrogen (secondary N) is 1. The predicted octanol–water partition coefficient (Wildman–Crippen LogP) is 3.23. The minimum atomic E-state index is 0.871. The van der Waals surface area contributed by atoms with E-state index in [-0.39, 0.29) is 0 Å². The van der Waals surface area contributed by atoms with Crippen molar-refractivity contribution in [1.82, 2.24) is 14.7 Å². The molecule has 0 amide bonds. The average molecular weight is 263 g/mol. The largest absolute Gasteiger partial charge is 0.311 e. The first-order valence-corrected chi connectivity index (χ1v) is 7.75. The van der Waals surface area contributed by atoms with Crippen LogP contribution < -0.4 is 5.32 Å². The normalized spacial score (nSPS) is 24.1. The molecule has 0 spiro atoms. The van der Waals surface area contributed by atoms with E-state index in [0.717, 1.165) is 35.6 Å². The fraction of sp³-hybridized carbons (Fsp3) is 0.643. The van der Waals surface area contributed by atoms with E-state index in [4.69, 9.17) is 0 Å². The molecule has 0 saturated heterocycles. The number of hydrogen-bond acceptors (Lipinski definition) is 3. The van der Waals surface area contributed by atoms with Gasteiger partial charge in [0.25, 0.3) is 0 Å². The molecule has 3 nitrogen and oxygen atoms in total. The van der Waals surface area contributed by atoms with Crippen molar-refractivity contribution < 1.29 is 0 Å². The Labute approximate surface area is 112 Å². The third-order valence-electron chi connectivity index (χ3n) is 4.30. The Morgan fingerprint density at radius 3 is 3.17 bits per heavy atom. The maximum absolute atomic E-state index is 4.58. The first-order valence-electron chi connectivity index (χ1n) is 6.87. The standard InChI is InChI=1S/C14H21N3S/c1-10-4-3-5-12(10)8-15-9-13-11(2)16-14-17(13)6-7-18-14/h6-7,10,12,15H,3-5,8-9H2,1-2H3. The zero-order chi connectivity index (χ0) is 12.5. The van der Waals surface area contributed by atoms with E-state index < -0.39 is 0 Å². The third kappa shape index (κ3) is 2.19. The number of hydrogen-bond donors (Lipinski definition) is 1. The number of aryl methyl sites for hydroxylation is 1. The zero-order valence-corrected chi connectivity index (χ0v) is 12.0. The highest BCUT2D eigenvalue weighted by Gasteiger charge is 2.22. The fourth-order valence-electron chi connectivity index (χ4n) is 3.06. The molecular formula is C14H21N3S. The Morgan fingerprint density at radius 2 is 2.39 bits per heavy atom. The van der Waals surface area contributed by atoms with Crippen LogP contribution in [0, 0.1) is 18.8 Å². The van der Waals surface area contributed by atoms with Gasteiger partial charge in [0.1, 0.15) is 0 Å². The SMILES string of the molecule is Cc1nc2sccn2c1CNCC1CCCC1C. The summed E-state index contributed by atoms with van der Waals surface area (Å²) < 4.78 is 2.21. The van der Waals surface area contributed by atoms with Gasteiger partial charge in [0, 0.05) is 18.1 Å². The Kier molecular flexibility index (Phi) is 3.39. The first kappa shape index (κ1) is 12.2. The topological polar surface area (TPSA) is 29.3 Å². The van der Waals surface area contributed by atoms with Crippen LogP contribution in [-0.4, -0.2) is 15.9 Å². The van der Waals surface area contributed by atoms with Gasteiger partial charge in [-0.05, 0) is 31.7 Å². The van der Waals surface area contributed by atoms with Crippen LogP contribution in [0.4, 0.5) is 0 Å². The van der Waals surface area contributed by atoms with Crippen molar-refractivity contribution in [1.29, 1.82) is 0 Å². The lowest BCUT2D eigenvalue weighted by molar-refractivity contribution is 0.391. The molecule has 18 heavy (non-hydrogen) atoms. The minimum absolute atomic E-state index is 0.871. The van der Waals surface area contributed by atoms with Crippen LogP contribution in [-0.2, 0) is 6.54 Å². The van der Waals surface area contributed by atoms with Gasteiger partial charge in [-0.25, -0.2) is 4.98 Å². The van der Waals surface area contributed by atoms with Gasteiger partial charge in [-0.2, -0.15) is 0 Å². The third-order valence-corrected chi connectivity index (χ3v) is 5.06. The predicted molar refractivity (Wildman–Crippen MR) is 76.0 cm³/mol. The molecule has 2 unspecified atom stereocenters.